The SMILES string of the molecule is Cc1cn([C@@H]2O[C@H](CO)[C@@H](OP(=O)(O)O)[C@H]2N)c(=O)[nH]c1=O. The molecule has 0 spiro atoms. The van der Waals surface area contributed by atoms with E-state index in [1.165, 1.54) is 13.1 Å². The maximum Gasteiger partial charge on any atom is 0.470 e. The van der Waals surface area contributed by atoms with Crippen LogP contribution in [0.5, 0.6) is 0 Å². The highest BCUT2D eigenvalue weighted by atomic mass is 31.2. The monoisotopic (exact) mass is 337 g/mol. The summed E-state index contributed by atoms with van der Waals surface area (Å²) in [5, 5.41) is 9.23. The van der Waals surface area contributed by atoms with Crippen molar-refractivity contribution in [3.8, 4) is 0 Å². The van der Waals surface area contributed by atoms with Gasteiger partial charge in [-0.3, -0.25) is 18.9 Å². The first-order chi connectivity index (χ1) is 10.1. The first kappa shape index (κ1) is 17.0. The van der Waals surface area contributed by atoms with E-state index < -0.39 is 50.2 Å². The van der Waals surface area contributed by atoms with Crippen LogP contribution in [-0.4, -0.2) is 49.3 Å². The van der Waals surface area contributed by atoms with Crippen LogP contribution >= 0.6 is 7.82 Å². The van der Waals surface area contributed by atoms with Gasteiger partial charge in [-0.2, -0.15) is 0 Å². The molecule has 0 aromatic carbocycles. The minimum atomic E-state index is -4.87. The summed E-state index contributed by atoms with van der Waals surface area (Å²) in [4.78, 5) is 43.0. The van der Waals surface area contributed by atoms with Crippen LogP contribution in [0, 0.1) is 6.92 Å². The molecule has 0 bridgehead atoms. The third kappa shape index (κ3) is 3.36. The van der Waals surface area contributed by atoms with Crippen LogP contribution < -0.4 is 17.0 Å². The summed E-state index contributed by atoms with van der Waals surface area (Å²) in [5.41, 5.74) is 4.67. The molecular weight excluding hydrogens is 321 g/mol. The summed E-state index contributed by atoms with van der Waals surface area (Å²) in [6, 6.07) is -1.15. The lowest BCUT2D eigenvalue weighted by molar-refractivity contribution is -0.0459. The lowest BCUT2D eigenvalue weighted by Gasteiger charge is -2.21. The Morgan fingerprint density at radius 1 is 1.50 bits per heavy atom. The Labute approximate surface area is 123 Å². The van der Waals surface area contributed by atoms with E-state index in [0.29, 0.717) is 0 Å². The van der Waals surface area contributed by atoms with Crippen molar-refractivity contribution in [3.05, 3.63) is 32.6 Å². The van der Waals surface area contributed by atoms with Gasteiger partial charge in [-0.25, -0.2) is 9.36 Å². The van der Waals surface area contributed by atoms with Gasteiger partial charge >= 0.3 is 13.5 Å². The molecule has 4 atom stereocenters. The predicted molar refractivity (Wildman–Crippen MR) is 71.9 cm³/mol. The molecule has 1 aromatic rings. The van der Waals surface area contributed by atoms with Crippen molar-refractivity contribution in [1.82, 2.24) is 9.55 Å². The molecule has 0 unspecified atom stereocenters. The number of hydrogen-bond donors (Lipinski definition) is 5. The number of aliphatic hydroxyl groups excluding tert-OH is 1. The van der Waals surface area contributed by atoms with Gasteiger partial charge < -0.3 is 25.4 Å². The summed E-state index contributed by atoms with van der Waals surface area (Å²) in [6.45, 7) is 0.842. The standard InChI is InChI=1S/C10H16N3O8P/c1-4-2-13(10(16)12-8(4)15)9-6(11)7(5(3-14)20-9)21-22(17,18)19/h2,5-7,9,14H,3,11H2,1H3,(H,12,15,16)(H2,17,18,19)/t5-,6-,7-,9-/m1/s1. The molecule has 1 aliphatic rings. The van der Waals surface area contributed by atoms with Gasteiger partial charge in [0.1, 0.15) is 12.2 Å². The first-order valence-electron chi connectivity index (χ1n) is 6.22. The van der Waals surface area contributed by atoms with Crippen molar-refractivity contribution in [3.63, 3.8) is 0 Å². The highest BCUT2D eigenvalue weighted by Gasteiger charge is 2.47. The number of aliphatic hydroxyl groups is 1. The summed E-state index contributed by atoms with van der Waals surface area (Å²) in [6.07, 6.45) is -2.40. The zero-order chi connectivity index (χ0) is 16.7. The summed E-state index contributed by atoms with van der Waals surface area (Å²) in [7, 11) is -4.87. The lowest BCUT2D eigenvalue weighted by atomic mass is 10.1. The average molecular weight is 337 g/mol. The van der Waals surface area contributed by atoms with Gasteiger partial charge in [0.25, 0.3) is 5.56 Å². The molecule has 11 nitrogen and oxygen atoms in total. The van der Waals surface area contributed by atoms with Gasteiger partial charge in [-0.15, -0.1) is 0 Å². The van der Waals surface area contributed by atoms with E-state index in [2.05, 4.69) is 9.51 Å². The second-order valence-electron chi connectivity index (χ2n) is 4.86. The molecule has 2 heterocycles. The van der Waals surface area contributed by atoms with Crippen LogP contribution in [-0.2, 0) is 13.8 Å². The molecule has 2 rings (SSSR count). The van der Waals surface area contributed by atoms with Crippen LogP contribution in [0.1, 0.15) is 11.8 Å². The summed E-state index contributed by atoms with van der Waals surface area (Å²) in [5.74, 6) is 0. The topological polar surface area (TPSA) is 177 Å². The minimum Gasteiger partial charge on any atom is -0.394 e. The highest BCUT2D eigenvalue weighted by Crippen LogP contribution is 2.42. The number of nitrogens with one attached hydrogen (secondary N) is 1. The normalized spacial score (nSPS) is 29.0. The van der Waals surface area contributed by atoms with Crippen molar-refractivity contribution in [1.29, 1.82) is 0 Å². The van der Waals surface area contributed by atoms with Crippen molar-refractivity contribution < 1.29 is 28.7 Å². The Hall–Kier alpha value is -1.33. The number of phosphoric ester groups is 1. The van der Waals surface area contributed by atoms with E-state index >= 15 is 0 Å². The molecule has 124 valence electrons. The smallest absolute Gasteiger partial charge is 0.394 e. The fourth-order valence-electron chi connectivity index (χ4n) is 2.23. The molecule has 1 aromatic heterocycles. The molecular formula is C10H16N3O8P. The lowest BCUT2D eigenvalue weighted by Crippen LogP contribution is -2.44. The van der Waals surface area contributed by atoms with Gasteiger partial charge in [0, 0.05) is 11.8 Å². The predicted octanol–water partition coefficient (Wildman–Crippen LogP) is -2.46. The van der Waals surface area contributed by atoms with Crippen molar-refractivity contribution in [2.45, 2.75) is 31.4 Å². The number of ether oxygens (including phenoxy) is 1. The highest BCUT2D eigenvalue weighted by molar-refractivity contribution is 7.46. The number of rotatable bonds is 4. The third-order valence-corrected chi connectivity index (χ3v) is 3.77. The number of nitrogens with two attached hydrogens (primary N) is 1. The van der Waals surface area contributed by atoms with E-state index in [-0.39, 0.29) is 5.56 Å². The summed E-state index contributed by atoms with van der Waals surface area (Å²) >= 11 is 0. The molecule has 0 aliphatic carbocycles. The van der Waals surface area contributed by atoms with E-state index in [9.17, 15) is 19.3 Å². The maximum absolute atomic E-state index is 11.8. The Kier molecular flexibility index (Phi) is 4.68. The van der Waals surface area contributed by atoms with Crippen LogP contribution in [0.15, 0.2) is 15.8 Å². The average Bonchev–Trinajstić information content (AvgIpc) is 2.69. The molecule has 1 fully saturated rings. The maximum atomic E-state index is 11.8. The quantitative estimate of drug-likeness (QED) is 0.373. The molecule has 1 saturated heterocycles. The molecule has 22 heavy (non-hydrogen) atoms. The molecule has 12 heteroatoms. The van der Waals surface area contributed by atoms with Crippen LogP contribution in [0.3, 0.4) is 0 Å². The fraction of sp³-hybridized carbons (Fsp3) is 0.600. The second kappa shape index (κ2) is 6.05. The van der Waals surface area contributed by atoms with Crippen LogP contribution in [0.4, 0.5) is 0 Å². The molecule has 6 N–H and O–H groups in total. The molecule has 1 aliphatic heterocycles. The molecule has 0 amide bonds. The van der Waals surface area contributed by atoms with Gasteiger partial charge in [0.15, 0.2) is 6.23 Å². The van der Waals surface area contributed by atoms with E-state index in [1.807, 2.05) is 0 Å². The third-order valence-electron chi connectivity index (χ3n) is 3.25. The van der Waals surface area contributed by atoms with Crippen LogP contribution in [0.25, 0.3) is 0 Å². The zero-order valence-corrected chi connectivity index (χ0v) is 12.3. The second-order valence-corrected chi connectivity index (χ2v) is 6.06. The van der Waals surface area contributed by atoms with E-state index in [1.54, 1.807) is 0 Å². The number of hydrogen-bond acceptors (Lipinski definition) is 7. The van der Waals surface area contributed by atoms with Gasteiger partial charge in [-0.05, 0) is 6.92 Å². The van der Waals surface area contributed by atoms with Gasteiger partial charge in [-0.1, -0.05) is 0 Å². The Bertz CT molecular complexity index is 709. The Morgan fingerprint density at radius 2 is 2.14 bits per heavy atom. The van der Waals surface area contributed by atoms with Crippen LogP contribution in [0.2, 0.25) is 0 Å². The number of nitrogens with zero attached hydrogens (tertiary/aromatic N) is 1. The minimum absolute atomic E-state index is 0.218. The Morgan fingerprint density at radius 3 is 2.68 bits per heavy atom. The zero-order valence-electron chi connectivity index (χ0n) is 11.4. The molecule has 0 saturated carbocycles. The van der Waals surface area contributed by atoms with Gasteiger partial charge in [0.2, 0.25) is 0 Å². The largest absolute Gasteiger partial charge is 0.470 e. The van der Waals surface area contributed by atoms with Crippen molar-refractivity contribution >= 4 is 7.82 Å². The summed E-state index contributed by atoms with van der Waals surface area (Å²) < 4.78 is 21.8. The van der Waals surface area contributed by atoms with E-state index in [0.717, 1.165) is 4.57 Å². The van der Waals surface area contributed by atoms with Crippen molar-refractivity contribution in [2.75, 3.05) is 6.61 Å². The fourth-order valence-corrected chi connectivity index (χ4v) is 2.82. The van der Waals surface area contributed by atoms with Gasteiger partial charge in [0.05, 0.1) is 12.6 Å². The molecule has 0 radical (unpaired) electrons. The number of aryl methyl sites for hydroxylation is 1. The number of aromatic nitrogens is 2. The number of aromatic amines is 1. The van der Waals surface area contributed by atoms with Crippen molar-refractivity contribution in [2.24, 2.45) is 5.73 Å². The van der Waals surface area contributed by atoms with E-state index in [4.69, 9.17) is 20.3 Å². The number of H-pyrrole nitrogens is 1. The number of phosphoric acid groups is 1. The Balaban J connectivity index is 2.38. The first-order valence-corrected chi connectivity index (χ1v) is 7.75.